The molecule has 34 heavy (non-hydrogen) atoms. The van der Waals surface area contributed by atoms with Crippen molar-refractivity contribution in [3.05, 3.63) is 89.8 Å². The highest BCUT2D eigenvalue weighted by Gasteiger charge is 2.36. The monoisotopic (exact) mass is 476 g/mol. The molecule has 2 aromatic carbocycles. The third-order valence-electron chi connectivity index (χ3n) is 4.63. The van der Waals surface area contributed by atoms with Crippen LogP contribution < -0.4 is 4.74 Å². The highest BCUT2D eigenvalue weighted by molar-refractivity contribution is 6.41. The van der Waals surface area contributed by atoms with E-state index in [1.54, 1.807) is 30.3 Å². The number of nitrogens with zero attached hydrogens (tertiary/aromatic N) is 3. The van der Waals surface area contributed by atoms with Gasteiger partial charge in [0.15, 0.2) is 0 Å². The summed E-state index contributed by atoms with van der Waals surface area (Å²) >= 11 is 0. The summed E-state index contributed by atoms with van der Waals surface area (Å²) in [4.78, 5) is 16.4. The van der Waals surface area contributed by atoms with Crippen LogP contribution >= 0.6 is 0 Å². The highest BCUT2D eigenvalue weighted by atomic mass is 19.4. The molecule has 1 aliphatic rings. The molecule has 3 aromatic rings. The Bertz CT molecular complexity index is 1290. The molecule has 0 fully saturated rings. The van der Waals surface area contributed by atoms with E-state index in [1.165, 1.54) is 6.20 Å². The molecule has 0 radical (unpaired) electrons. The lowest BCUT2D eigenvalue weighted by Gasteiger charge is -2.10. The minimum Gasteiger partial charge on any atom is -0.456 e. The van der Waals surface area contributed by atoms with Crippen LogP contribution in [0.15, 0.2) is 72.1 Å². The molecule has 11 heteroatoms. The normalized spacial score (nSPS) is 13.6. The van der Waals surface area contributed by atoms with E-state index in [-0.39, 0.29) is 35.7 Å². The quantitative estimate of drug-likeness (QED) is 0.289. The molecular weight excluding hydrogens is 461 g/mol. The number of esters is 1. The minimum absolute atomic E-state index is 0.0426. The van der Waals surface area contributed by atoms with E-state index in [9.17, 15) is 26.7 Å². The van der Waals surface area contributed by atoms with E-state index in [1.807, 2.05) is 0 Å². The van der Waals surface area contributed by atoms with Gasteiger partial charge in [-0.15, -0.1) is 13.2 Å². The Balaban J connectivity index is 1.67. The summed E-state index contributed by atoms with van der Waals surface area (Å²) < 4.78 is 76.1. The maximum absolute atomic E-state index is 14.1. The lowest BCUT2D eigenvalue weighted by Crippen LogP contribution is -2.19. The average Bonchev–Trinajstić information content (AvgIpc) is 3.22. The molecule has 0 saturated heterocycles. The first-order valence-corrected chi connectivity index (χ1v) is 9.80. The number of aromatic nitrogens is 1. The Morgan fingerprint density at radius 1 is 1.00 bits per heavy atom. The number of carbonyl (C=O) groups excluding carboxylic acids is 1. The molecule has 0 spiro atoms. The summed E-state index contributed by atoms with van der Waals surface area (Å²) in [6.45, 7) is -0.0426. The lowest BCUT2D eigenvalue weighted by molar-refractivity contribution is -0.442. The third kappa shape index (κ3) is 5.61. The van der Waals surface area contributed by atoms with Crippen molar-refractivity contribution in [3.63, 3.8) is 0 Å². The van der Waals surface area contributed by atoms with Gasteiger partial charge in [0.1, 0.15) is 30.2 Å². The van der Waals surface area contributed by atoms with Crippen LogP contribution in [0, 0.1) is 11.6 Å². The Labute approximate surface area is 189 Å². The van der Waals surface area contributed by atoms with Crippen molar-refractivity contribution in [3.8, 4) is 5.75 Å². The fourth-order valence-electron chi connectivity index (χ4n) is 3.25. The van der Waals surface area contributed by atoms with Gasteiger partial charge >= 0.3 is 12.3 Å². The van der Waals surface area contributed by atoms with Crippen LogP contribution in [-0.2, 0) is 16.1 Å². The number of carbonyl (C=O) groups is 1. The van der Waals surface area contributed by atoms with Crippen LogP contribution in [0.1, 0.15) is 17.5 Å². The van der Waals surface area contributed by atoms with Gasteiger partial charge in [-0.05, 0) is 22.4 Å². The van der Waals surface area contributed by atoms with Gasteiger partial charge in [0.05, 0.1) is 24.2 Å². The van der Waals surface area contributed by atoms with Crippen LogP contribution in [0.5, 0.6) is 5.75 Å². The Morgan fingerprint density at radius 3 is 2.47 bits per heavy atom. The van der Waals surface area contributed by atoms with E-state index >= 15 is 0 Å². The molecule has 0 saturated carbocycles. The zero-order chi connectivity index (χ0) is 24.3. The van der Waals surface area contributed by atoms with Crippen LogP contribution in [0.2, 0.25) is 0 Å². The van der Waals surface area contributed by atoms with Gasteiger partial charge in [0.25, 0.3) is 5.69 Å². The summed E-state index contributed by atoms with van der Waals surface area (Å²) in [5.74, 6) is -3.32. The number of pyridine rings is 1. The van der Waals surface area contributed by atoms with Crippen molar-refractivity contribution in [2.24, 2.45) is 5.10 Å². The summed E-state index contributed by atoms with van der Waals surface area (Å²) in [5.41, 5.74) is 0.730. The standard InChI is InChI=1S/C23H15F5N3O3/c24-16-6-15(7-19(9-16)34-23(26,27)28)21-10-20(22(32)33-13-14-4-2-1-3-5-14)30-31(21)18-8-17(25)11-29-12-18/h1-9,11-12H,10,13H2/q+1. The third-order valence-corrected chi connectivity index (χ3v) is 4.63. The van der Waals surface area contributed by atoms with Crippen LogP contribution in [0.3, 0.4) is 0 Å². The fourth-order valence-corrected chi connectivity index (χ4v) is 3.25. The summed E-state index contributed by atoms with van der Waals surface area (Å²) in [6.07, 6.45) is -3.09. The smallest absolute Gasteiger partial charge is 0.456 e. The highest BCUT2D eigenvalue weighted by Crippen LogP contribution is 2.28. The van der Waals surface area contributed by atoms with E-state index in [0.717, 1.165) is 34.6 Å². The average molecular weight is 476 g/mol. The SMILES string of the molecule is O=C(OCc1ccccc1)C1=N[N+](c2cncc(F)c2)=C(c2cc(F)cc(OC(F)(F)F)c2)C1. The summed E-state index contributed by atoms with van der Waals surface area (Å²) in [6, 6.07) is 12.4. The number of hydrogen-bond acceptors (Lipinski definition) is 5. The van der Waals surface area contributed by atoms with Gasteiger partial charge < -0.3 is 9.47 Å². The molecule has 2 heterocycles. The Morgan fingerprint density at radius 2 is 1.76 bits per heavy atom. The van der Waals surface area contributed by atoms with Gasteiger partial charge in [-0.25, -0.2) is 13.6 Å². The van der Waals surface area contributed by atoms with Crippen molar-refractivity contribution in [1.29, 1.82) is 0 Å². The van der Waals surface area contributed by atoms with Gasteiger partial charge in [0, 0.05) is 11.2 Å². The maximum Gasteiger partial charge on any atom is 0.573 e. The molecule has 174 valence electrons. The second-order valence-corrected chi connectivity index (χ2v) is 7.13. The number of rotatable bonds is 6. The number of benzene rings is 2. The topological polar surface area (TPSA) is 63.8 Å². The fraction of sp³-hybridized carbons (Fsp3) is 0.130. The number of hydrogen-bond donors (Lipinski definition) is 0. The molecule has 4 rings (SSSR count). The molecule has 1 aromatic heterocycles. The van der Waals surface area contributed by atoms with Gasteiger partial charge in [-0.1, -0.05) is 30.3 Å². The maximum atomic E-state index is 14.1. The first kappa shape index (κ1) is 23.0. The molecule has 0 amide bonds. The van der Waals surface area contributed by atoms with Gasteiger partial charge in [-0.2, -0.15) is 0 Å². The molecular formula is C23H15F5N3O3+. The number of halogens is 5. The molecule has 0 aliphatic carbocycles. The second kappa shape index (κ2) is 9.38. The van der Waals surface area contributed by atoms with Gasteiger partial charge in [0.2, 0.25) is 11.4 Å². The minimum atomic E-state index is -5.04. The zero-order valence-electron chi connectivity index (χ0n) is 17.2. The molecule has 6 nitrogen and oxygen atoms in total. The van der Waals surface area contributed by atoms with Crippen molar-refractivity contribution in [1.82, 2.24) is 4.98 Å². The number of alkyl halides is 3. The molecule has 0 atom stereocenters. The van der Waals surface area contributed by atoms with Crippen LogP contribution in [0.4, 0.5) is 27.6 Å². The van der Waals surface area contributed by atoms with Crippen molar-refractivity contribution >= 4 is 23.1 Å². The van der Waals surface area contributed by atoms with E-state index in [0.29, 0.717) is 6.07 Å². The van der Waals surface area contributed by atoms with Crippen LogP contribution in [0.25, 0.3) is 0 Å². The van der Waals surface area contributed by atoms with Crippen molar-refractivity contribution in [2.75, 3.05) is 0 Å². The predicted molar refractivity (Wildman–Crippen MR) is 110 cm³/mol. The number of hydrazone groups is 1. The number of ether oxygens (including phenoxy) is 2. The molecule has 1 aliphatic heterocycles. The molecule has 0 unspecified atom stereocenters. The van der Waals surface area contributed by atoms with E-state index in [2.05, 4.69) is 14.8 Å². The lowest BCUT2D eigenvalue weighted by atomic mass is 10.0. The Hall–Kier alpha value is -4.15. The second-order valence-electron chi connectivity index (χ2n) is 7.13. The molecule has 0 N–H and O–H groups in total. The van der Waals surface area contributed by atoms with Crippen molar-refractivity contribution < 1.29 is 40.9 Å². The molecule has 0 bridgehead atoms. The zero-order valence-corrected chi connectivity index (χ0v) is 17.2. The first-order valence-electron chi connectivity index (χ1n) is 9.80. The van der Waals surface area contributed by atoms with Gasteiger partial charge in [-0.3, -0.25) is 4.98 Å². The summed E-state index contributed by atoms with van der Waals surface area (Å²) in [7, 11) is 0. The first-order chi connectivity index (χ1) is 16.2. The largest absolute Gasteiger partial charge is 0.573 e. The Kier molecular flexibility index (Phi) is 6.35. The van der Waals surface area contributed by atoms with Crippen LogP contribution in [-0.4, -0.2) is 33.4 Å². The van der Waals surface area contributed by atoms with E-state index < -0.39 is 29.7 Å². The van der Waals surface area contributed by atoms with E-state index in [4.69, 9.17) is 4.74 Å². The summed E-state index contributed by atoms with van der Waals surface area (Å²) in [5, 5.41) is 4.15. The van der Waals surface area contributed by atoms with Crippen molar-refractivity contribution in [2.45, 2.75) is 19.4 Å². The predicted octanol–water partition coefficient (Wildman–Crippen LogP) is 4.89.